The predicted molar refractivity (Wildman–Crippen MR) is 55.9 cm³/mol. The Morgan fingerprint density at radius 3 is 2.93 bits per heavy atom. The first-order valence-electron chi connectivity index (χ1n) is 4.41. The van der Waals surface area contributed by atoms with Gasteiger partial charge in [-0.3, -0.25) is 4.21 Å². The van der Waals surface area contributed by atoms with Gasteiger partial charge in [0.25, 0.3) is 0 Å². The van der Waals surface area contributed by atoms with Crippen molar-refractivity contribution < 1.29 is 41.5 Å². The number of anilines is 2. The molecule has 0 saturated carbocycles. The second kappa shape index (κ2) is 5.39. The van der Waals surface area contributed by atoms with E-state index in [0.29, 0.717) is 0 Å². The first kappa shape index (κ1) is 13.1. The van der Waals surface area contributed by atoms with E-state index in [0.717, 1.165) is 35.5 Å². The van der Waals surface area contributed by atoms with E-state index in [1.54, 1.807) is 0 Å². The van der Waals surface area contributed by atoms with Gasteiger partial charge in [-0.25, -0.2) is 0 Å². The van der Waals surface area contributed by atoms with E-state index < -0.39 is 11.3 Å². The third-order valence-corrected chi connectivity index (χ3v) is 2.77. The molecule has 1 unspecified atom stereocenters. The van der Waals surface area contributed by atoms with Crippen LogP contribution in [0, 0.1) is 6.92 Å². The topological polar surface area (TPSA) is 64.2 Å². The Balaban J connectivity index is 0.00000112. The van der Waals surface area contributed by atoms with Crippen molar-refractivity contribution in [3.05, 3.63) is 23.3 Å². The molecule has 1 aliphatic rings. The van der Waals surface area contributed by atoms with Crippen molar-refractivity contribution in [2.45, 2.75) is 13.3 Å². The Kier molecular flexibility index (Phi) is 4.71. The van der Waals surface area contributed by atoms with E-state index in [4.69, 9.17) is 0 Å². The van der Waals surface area contributed by atoms with Gasteiger partial charge in [0.05, 0.1) is 5.69 Å². The molecule has 6 heteroatoms. The maximum atomic E-state index is 10.6. The Morgan fingerprint density at radius 2 is 2.27 bits per heavy atom. The number of aryl methyl sites for hydroxylation is 1. The van der Waals surface area contributed by atoms with Crippen LogP contribution in [0.5, 0.6) is 0 Å². The summed E-state index contributed by atoms with van der Waals surface area (Å²) in [4.78, 5) is 0. The van der Waals surface area contributed by atoms with Gasteiger partial charge in [0.1, 0.15) is 0 Å². The molecule has 0 aromatic heterocycles. The molecule has 15 heavy (non-hydrogen) atoms. The van der Waals surface area contributed by atoms with E-state index in [9.17, 15) is 8.76 Å². The van der Waals surface area contributed by atoms with Crippen molar-refractivity contribution in [2.24, 2.45) is 0 Å². The predicted octanol–water partition coefficient (Wildman–Crippen LogP) is 1.17. The fourth-order valence-electron chi connectivity index (χ4n) is 1.74. The van der Waals surface area contributed by atoms with Gasteiger partial charge in [0.2, 0.25) is 0 Å². The molecule has 1 atom stereocenters. The van der Waals surface area contributed by atoms with Crippen LogP contribution in [0.2, 0.25) is 0 Å². The summed E-state index contributed by atoms with van der Waals surface area (Å²) in [5.74, 6) is 0. The van der Waals surface area contributed by atoms with Crippen molar-refractivity contribution in [3.8, 4) is 0 Å². The zero-order valence-electron chi connectivity index (χ0n) is 8.37. The van der Waals surface area contributed by atoms with E-state index in [1.807, 2.05) is 19.1 Å². The number of benzene rings is 1. The van der Waals surface area contributed by atoms with E-state index in [-0.39, 0.29) is 32.7 Å². The van der Waals surface area contributed by atoms with Crippen molar-refractivity contribution in [1.82, 2.24) is 0 Å². The molecule has 1 aliphatic heterocycles. The van der Waals surface area contributed by atoms with Crippen LogP contribution in [-0.4, -0.2) is 15.3 Å². The van der Waals surface area contributed by atoms with Gasteiger partial charge in [-0.2, -0.15) is 0 Å². The molecule has 0 radical (unpaired) electrons. The van der Waals surface area contributed by atoms with Crippen LogP contribution in [-0.2, 0) is 50.4 Å². The SMILES string of the molecule is Cc1ccc2c(c1NS(=O)[O-])CCN2.[Y+3]. The van der Waals surface area contributed by atoms with Gasteiger partial charge in [-0.05, 0) is 25.0 Å². The van der Waals surface area contributed by atoms with Crippen molar-refractivity contribution in [3.63, 3.8) is 0 Å². The maximum Gasteiger partial charge on any atom is 3.00 e. The molecular weight excluding hydrogens is 289 g/mol. The minimum Gasteiger partial charge on any atom is -0.755 e. The molecule has 0 aliphatic carbocycles. The third-order valence-electron chi connectivity index (χ3n) is 2.40. The van der Waals surface area contributed by atoms with Crippen LogP contribution < -0.4 is 10.0 Å². The van der Waals surface area contributed by atoms with Crippen LogP contribution in [0.3, 0.4) is 0 Å². The third kappa shape index (κ3) is 2.78. The Hall–Kier alpha value is 0.0339. The van der Waals surface area contributed by atoms with Crippen LogP contribution in [0.15, 0.2) is 12.1 Å². The Bertz CT molecular complexity index is 398. The fraction of sp³-hybridized carbons (Fsp3) is 0.333. The number of hydrogen-bond acceptors (Lipinski definition) is 3. The molecule has 1 aromatic rings. The minimum atomic E-state index is -2.25. The zero-order chi connectivity index (χ0) is 10.1. The molecule has 0 amide bonds. The molecule has 0 saturated heterocycles. The molecule has 0 spiro atoms. The van der Waals surface area contributed by atoms with Gasteiger partial charge in [-0.1, -0.05) is 6.07 Å². The normalized spacial score (nSPS) is 14.8. The molecule has 76 valence electrons. The molecular formula is C9H11N2O2SY+2. The standard InChI is InChI=1S/C9H12N2O2S.Y/c1-6-2-3-8-7(4-5-10-8)9(6)11-14(12)13;/h2-3,10-11H,4-5H2,1H3,(H,12,13);/q;+3/p-1. The first-order valence-corrected chi connectivity index (χ1v) is 5.48. The van der Waals surface area contributed by atoms with E-state index >= 15 is 0 Å². The number of rotatable bonds is 2. The maximum absolute atomic E-state index is 10.6. The molecule has 2 rings (SSSR count). The summed E-state index contributed by atoms with van der Waals surface area (Å²) in [6.07, 6.45) is 0.872. The van der Waals surface area contributed by atoms with E-state index in [1.165, 1.54) is 0 Å². The molecule has 2 N–H and O–H groups in total. The van der Waals surface area contributed by atoms with Crippen LogP contribution in [0.25, 0.3) is 0 Å². The molecule has 1 aromatic carbocycles. The number of hydrogen-bond donors (Lipinski definition) is 2. The summed E-state index contributed by atoms with van der Waals surface area (Å²) >= 11 is -2.25. The summed E-state index contributed by atoms with van der Waals surface area (Å²) in [6, 6.07) is 3.89. The van der Waals surface area contributed by atoms with Gasteiger partial charge in [0.15, 0.2) is 0 Å². The zero-order valence-corrected chi connectivity index (χ0v) is 12.0. The Labute approximate surface area is 117 Å². The number of fused-ring (bicyclic) bond motifs is 1. The van der Waals surface area contributed by atoms with Gasteiger partial charge in [0, 0.05) is 29.1 Å². The summed E-state index contributed by atoms with van der Waals surface area (Å²) in [7, 11) is 0. The summed E-state index contributed by atoms with van der Waals surface area (Å²) in [5, 5.41) is 3.20. The molecule has 0 bridgehead atoms. The quantitative estimate of drug-likeness (QED) is 0.806. The summed E-state index contributed by atoms with van der Waals surface area (Å²) in [5.41, 5.74) is 3.77. The largest absolute Gasteiger partial charge is 3.00 e. The van der Waals surface area contributed by atoms with Crippen LogP contribution in [0.1, 0.15) is 11.1 Å². The van der Waals surface area contributed by atoms with Crippen molar-refractivity contribution in [2.75, 3.05) is 16.6 Å². The second-order valence-corrected chi connectivity index (χ2v) is 3.97. The summed E-state index contributed by atoms with van der Waals surface area (Å²) < 4.78 is 23.6. The van der Waals surface area contributed by atoms with Gasteiger partial charge < -0.3 is 14.6 Å². The second-order valence-electron chi connectivity index (χ2n) is 3.30. The monoisotopic (exact) mass is 300 g/mol. The average Bonchev–Trinajstić information content (AvgIpc) is 2.57. The first-order chi connectivity index (χ1) is 6.68. The van der Waals surface area contributed by atoms with Crippen molar-refractivity contribution >= 4 is 22.6 Å². The number of nitrogens with one attached hydrogen (secondary N) is 2. The fourth-order valence-corrected chi connectivity index (χ4v) is 2.19. The molecule has 0 fully saturated rings. The van der Waals surface area contributed by atoms with E-state index in [2.05, 4.69) is 10.0 Å². The Morgan fingerprint density at radius 1 is 1.53 bits per heavy atom. The molecule has 4 nitrogen and oxygen atoms in total. The van der Waals surface area contributed by atoms with Gasteiger partial charge >= 0.3 is 32.7 Å². The van der Waals surface area contributed by atoms with Crippen LogP contribution in [0.4, 0.5) is 11.4 Å². The van der Waals surface area contributed by atoms with Gasteiger partial charge in [-0.15, -0.1) is 0 Å². The molecule has 1 heterocycles. The summed E-state index contributed by atoms with van der Waals surface area (Å²) in [6.45, 7) is 2.77. The minimum absolute atomic E-state index is 0. The van der Waals surface area contributed by atoms with Crippen molar-refractivity contribution in [1.29, 1.82) is 0 Å². The smallest absolute Gasteiger partial charge is 0.755 e. The average molecular weight is 300 g/mol. The van der Waals surface area contributed by atoms with Crippen LogP contribution >= 0.6 is 0 Å².